The Hall–Kier alpha value is -0.100. The molecule has 2 saturated heterocycles. The molecule has 0 aliphatic carbocycles. The number of aliphatic hydroxyl groups is 2. The van der Waals surface area contributed by atoms with Crippen LogP contribution in [0.3, 0.4) is 0 Å². The van der Waals surface area contributed by atoms with E-state index in [1.807, 2.05) is 0 Å². The van der Waals surface area contributed by atoms with Gasteiger partial charge in [0.05, 0.1) is 19.0 Å². The first-order valence-corrected chi connectivity index (χ1v) is 10.1. The predicted molar refractivity (Wildman–Crippen MR) is 78.0 cm³/mol. The minimum atomic E-state index is -4.86. The van der Waals surface area contributed by atoms with Crippen LogP contribution in [0.4, 0.5) is 0 Å². The summed E-state index contributed by atoms with van der Waals surface area (Å²) in [4.78, 5) is 10.1. The van der Waals surface area contributed by atoms with Gasteiger partial charge in [-0.05, 0) is 12.8 Å². The average Bonchev–Trinajstić information content (AvgIpc) is 2.95. The summed E-state index contributed by atoms with van der Waals surface area (Å²) < 4.78 is 69.1. The van der Waals surface area contributed by atoms with Crippen LogP contribution in [0.5, 0.6) is 0 Å². The van der Waals surface area contributed by atoms with Gasteiger partial charge in [-0.1, -0.05) is 0 Å². The molecule has 0 bridgehead atoms. The van der Waals surface area contributed by atoms with E-state index < -0.39 is 79.7 Å². The van der Waals surface area contributed by atoms with Crippen LogP contribution in [0.1, 0.15) is 14.3 Å². The normalized spacial score (nSPS) is 32.5. The molecule has 0 aromatic rings. The molecule has 148 valence electrons. The van der Waals surface area contributed by atoms with Crippen molar-refractivity contribution in [3.8, 4) is 0 Å². The third-order valence-electron chi connectivity index (χ3n) is 4.08. The molecule has 0 aromatic carbocycles. The van der Waals surface area contributed by atoms with Gasteiger partial charge in [0.1, 0.15) is 29.2 Å². The molecule has 2 aliphatic heterocycles. The van der Waals surface area contributed by atoms with E-state index in [0.717, 1.165) is 0 Å². The first kappa shape index (κ1) is 23.9. The maximum Gasteiger partial charge on any atom is 1.00 e. The molecular weight excluding hydrogens is 413 g/mol. The fourth-order valence-electron chi connectivity index (χ4n) is 3.04. The standard InChI is InChI=1S/C10H17NO12S2.Na.H/c12-6-4-21-9-8(6)22-5-10(9,13)7(25(18,19)20)2-1-3-24(16,17)23-11(14)15;;/h6-9,12-13H,1-5H2,(H,18,19,20);;/q;+1;-1/t6-,7?,8+,9-,10+;;/m0../s1. The number of aliphatic hydroxyl groups excluding tert-OH is 1. The molecule has 13 nitrogen and oxygen atoms in total. The molecule has 0 saturated carbocycles. The molecule has 2 rings (SSSR count). The van der Waals surface area contributed by atoms with E-state index in [9.17, 15) is 41.7 Å². The number of rotatable bonds is 8. The van der Waals surface area contributed by atoms with Gasteiger partial charge >= 0.3 is 44.8 Å². The van der Waals surface area contributed by atoms with Crippen molar-refractivity contribution in [1.82, 2.24) is 0 Å². The molecule has 16 heteroatoms. The van der Waals surface area contributed by atoms with Crippen molar-refractivity contribution < 1.29 is 81.4 Å². The van der Waals surface area contributed by atoms with Gasteiger partial charge in [0.15, 0.2) is 0 Å². The van der Waals surface area contributed by atoms with Gasteiger partial charge in [-0.2, -0.15) is 12.7 Å². The van der Waals surface area contributed by atoms with Crippen LogP contribution in [-0.4, -0.2) is 84.8 Å². The summed E-state index contributed by atoms with van der Waals surface area (Å²) in [6.07, 6.45) is -4.35. The maximum absolute atomic E-state index is 11.7. The molecule has 5 atom stereocenters. The second-order valence-electron chi connectivity index (χ2n) is 5.79. The first-order valence-electron chi connectivity index (χ1n) is 7.03. The van der Waals surface area contributed by atoms with E-state index in [-0.39, 0.29) is 37.6 Å². The SMILES string of the molecule is O=[N+]([O-])OS(=O)(=O)CCCC([C@]1(O)CO[C@@H]2[C@@H](O)CO[C@@H]21)S(=O)(=O)O.[H-].[Na+]. The third kappa shape index (κ3) is 5.24. The van der Waals surface area contributed by atoms with E-state index >= 15 is 0 Å². The van der Waals surface area contributed by atoms with Crippen molar-refractivity contribution in [1.29, 1.82) is 0 Å². The van der Waals surface area contributed by atoms with Crippen LogP contribution in [0.2, 0.25) is 0 Å². The minimum Gasteiger partial charge on any atom is -1.00 e. The summed E-state index contributed by atoms with van der Waals surface area (Å²) in [6.45, 7) is -0.775. The zero-order valence-corrected chi connectivity index (χ0v) is 17.3. The van der Waals surface area contributed by atoms with Crippen LogP contribution in [0, 0.1) is 10.1 Å². The van der Waals surface area contributed by atoms with Gasteiger partial charge in [-0.25, -0.2) is 8.42 Å². The predicted octanol–water partition coefficient (Wildman–Crippen LogP) is -5.43. The van der Waals surface area contributed by atoms with Crippen molar-refractivity contribution in [2.45, 2.75) is 42.0 Å². The van der Waals surface area contributed by atoms with Crippen molar-refractivity contribution in [2.24, 2.45) is 0 Å². The first-order chi connectivity index (χ1) is 11.4. The van der Waals surface area contributed by atoms with Gasteiger partial charge in [0, 0.05) is 0 Å². The minimum absolute atomic E-state index is 0. The molecule has 2 fully saturated rings. The topological polar surface area (TPSA) is 200 Å². The molecule has 0 amide bonds. The van der Waals surface area contributed by atoms with Gasteiger partial charge in [0.25, 0.3) is 10.1 Å². The molecule has 0 spiro atoms. The van der Waals surface area contributed by atoms with Gasteiger partial charge in [-0.15, -0.1) is 10.1 Å². The molecule has 2 heterocycles. The number of nitrogens with zero attached hydrogens (tertiary/aromatic N) is 1. The zero-order valence-electron chi connectivity index (χ0n) is 14.6. The van der Waals surface area contributed by atoms with Crippen molar-refractivity contribution in [3.63, 3.8) is 0 Å². The van der Waals surface area contributed by atoms with Gasteiger partial charge < -0.3 is 21.1 Å². The Balaban J connectivity index is 0.00000338. The van der Waals surface area contributed by atoms with E-state index in [4.69, 9.17) is 9.47 Å². The average molecular weight is 431 g/mol. The Morgan fingerprint density at radius 2 is 1.96 bits per heavy atom. The second-order valence-corrected chi connectivity index (χ2v) is 9.07. The van der Waals surface area contributed by atoms with E-state index in [1.165, 1.54) is 0 Å². The molecule has 3 N–H and O–H groups in total. The summed E-state index contributed by atoms with van der Waals surface area (Å²) in [6, 6.07) is 0. The number of ether oxygens (including phenoxy) is 2. The fraction of sp³-hybridized carbons (Fsp3) is 1.00. The van der Waals surface area contributed by atoms with Gasteiger partial charge in [-0.3, -0.25) is 4.55 Å². The van der Waals surface area contributed by atoms with Crippen LogP contribution < -0.4 is 29.6 Å². The fourth-order valence-corrected chi connectivity index (χ4v) is 5.00. The maximum atomic E-state index is 11.7. The van der Waals surface area contributed by atoms with Crippen molar-refractivity contribution in [2.75, 3.05) is 19.0 Å². The molecule has 1 unspecified atom stereocenters. The van der Waals surface area contributed by atoms with Crippen molar-refractivity contribution in [3.05, 3.63) is 10.1 Å². The van der Waals surface area contributed by atoms with Crippen LogP contribution in [-0.2, 0) is 34.0 Å². The second kappa shape index (κ2) is 8.50. The third-order valence-corrected chi connectivity index (χ3v) is 6.58. The Labute approximate surface area is 172 Å². The summed E-state index contributed by atoms with van der Waals surface area (Å²) in [7, 11) is -9.42. The summed E-state index contributed by atoms with van der Waals surface area (Å²) in [5, 5.41) is 27.0. The molecule has 26 heavy (non-hydrogen) atoms. The van der Waals surface area contributed by atoms with E-state index in [2.05, 4.69) is 4.28 Å². The quantitative estimate of drug-likeness (QED) is 0.143. The van der Waals surface area contributed by atoms with Crippen LogP contribution >= 0.6 is 0 Å². The number of hydrogen-bond donors (Lipinski definition) is 3. The Kier molecular flexibility index (Phi) is 7.83. The van der Waals surface area contributed by atoms with Crippen LogP contribution in [0.15, 0.2) is 0 Å². The van der Waals surface area contributed by atoms with Crippen LogP contribution in [0.25, 0.3) is 0 Å². The Bertz CT molecular complexity index is 732. The summed E-state index contributed by atoms with van der Waals surface area (Å²) >= 11 is 0. The smallest absolute Gasteiger partial charge is 1.00 e. The largest absolute Gasteiger partial charge is 1.00 e. The van der Waals surface area contributed by atoms with Crippen molar-refractivity contribution >= 4 is 20.2 Å². The van der Waals surface area contributed by atoms with E-state index in [0.29, 0.717) is 0 Å². The monoisotopic (exact) mass is 431 g/mol. The summed E-state index contributed by atoms with van der Waals surface area (Å²) in [5.41, 5.74) is -2.22. The number of hydrogen-bond acceptors (Lipinski definition) is 11. The zero-order chi connectivity index (χ0) is 19.0. The molecule has 0 radical (unpaired) electrons. The Morgan fingerprint density at radius 3 is 2.50 bits per heavy atom. The molecule has 2 aliphatic rings. The van der Waals surface area contributed by atoms with E-state index in [1.54, 1.807) is 0 Å². The molecule has 0 aromatic heterocycles. The molecular formula is C10H18NNaO12S2. The summed E-state index contributed by atoms with van der Waals surface area (Å²) in [5.74, 6) is -0.908. The number of fused-ring (bicyclic) bond motifs is 1. The van der Waals surface area contributed by atoms with Gasteiger partial charge in [0.2, 0.25) is 0 Å². The Morgan fingerprint density at radius 1 is 1.35 bits per heavy atom.